The van der Waals surface area contributed by atoms with Crippen molar-refractivity contribution in [3.8, 4) is 0 Å². The summed E-state index contributed by atoms with van der Waals surface area (Å²) < 4.78 is 26.3. The predicted molar refractivity (Wildman–Crippen MR) is 96.3 cm³/mol. The molecule has 0 bridgehead atoms. The van der Waals surface area contributed by atoms with Crippen molar-refractivity contribution in [3.05, 3.63) is 12.2 Å². The zero-order valence-electron chi connectivity index (χ0n) is 15.0. The molecule has 1 aliphatic rings. The molecule has 0 saturated heterocycles. The van der Waals surface area contributed by atoms with Gasteiger partial charge in [0.2, 0.25) is 10.0 Å². The highest BCUT2D eigenvalue weighted by molar-refractivity contribution is 7.88. The number of sulfonamides is 1. The monoisotopic (exact) mass is 347 g/mol. The van der Waals surface area contributed by atoms with Crippen LogP contribution < -0.4 is 4.72 Å². The van der Waals surface area contributed by atoms with Crippen molar-refractivity contribution in [2.45, 2.75) is 82.3 Å². The summed E-state index contributed by atoms with van der Waals surface area (Å²) in [6.45, 7) is 13.6. The van der Waals surface area contributed by atoms with Crippen LogP contribution in [0.15, 0.2) is 12.2 Å². The zero-order chi connectivity index (χ0) is 17.3. The zero-order valence-corrected chi connectivity index (χ0v) is 16.8. The first kappa shape index (κ1) is 19.9. The van der Waals surface area contributed by atoms with Crippen LogP contribution in [-0.4, -0.2) is 40.0 Å². The number of nitrogens with one attached hydrogen (secondary N) is 1. The van der Waals surface area contributed by atoms with Gasteiger partial charge < -0.3 is 5.11 Å². The largest absolute Gasteiger partial charge is 0.391 e. The predicted octanol–water partition coefficient (Wildman–Crippen LogP) is 3.27. The fourth-order valence-electron chi connectivity index (χ4n) is 4.90. The Hall–Kier alpha value is -0.173. The Bertz CT molecular complexity index is 478. The third-order valence-electron chi connectivity index (χ3n) is 5.45. The van der Waals surface area contributed by atoms with Crippen LogP contribution >= 0.6 is 0 Å². The van der Waals surface area contributed by atoms with Gasteiger partial charge in [-0.25, -0.2) is 13.1 Å². The van der Waals surface area contributed by atoms with Crippen molar-refractivity contribution in [2.75, 3.05) is 6.26 Å². The molecule has 1 aliphatic carbocycles. The smallest absolute Gasteiger partial charge is 0.209 e. The lowest BCUT2D eigenvalue weighted by Gasteiger charge is -2.52. The third-order valence-corrected chi connectivity index (χ3v) is 13.9. The second-order valence-electron chi connectivity index (χ2n) is 7.64. The molecule has 130 valence electrons. The lowest BCUT2D eigenvalue weighted by molar-refractivity contribution is 0.134. The summed E-state index contributed by atoms with van der Waals surface area (Å²) >= 11 is 0. The molecule has 0 aromatic carbocycles. The van der Waals surface area contributed by atoms with E-state index < -0.39 is 30.2 Å². The van der Waals surface area contributed by atoms with Gasteiger partial charge in [-0.15, -0.1) is 0 Å². The van der Waals surface area contributed by atoms with E-state index in [1.165, 1.54) is 6.26 Å². The molecule has 0 heterocycles. The van der Waals surface area contributed by atoms with Crippen molar-refractivity contribution in [2.24, 2.45) is 0 Å². The summed E-state index contributed by atoms with van der Waals surface area (Å²) in [7, 11) is -5.25. The summed E-state index contributed by atoms with van der Waals surface area (Å²) in [5.74, 6) is 0. The van der Waals surface area contributed by atoms with Crippen LogP contribution in [-0.2, 0) is 10.0 Å². The number of hydrogen-bond acceptors (Lipinski definition) is 3. The Balaban J connectivity index is 3.42. The average Bonchev–Trinajstić information content (AvgIpc) is 2.31. The van der Waals surface area contributed by atoms with E-state index in [0.717, 1.165) is 0 Å². The van der Waals surface area contributed by atoms with Gasteiger partial charge in [0.1, 0.15) is 0 Å². The van der Waals surface area contributed by atoms with Crippen molar-refractivity contribution >= 4 is 18.1 Å². The minimum absolute atomic E-state index is 0.117. The maximum Gasteiger partial charge on any atom is 0.209 e. The number of aliphatic hydroxyl groups is 1. The summed E-state index contributed by atoms with van der Waals surface area (Å²) in [4.78, 5) is 0. The van der Waals surface area contributed by atoms with Crippen LogP contribution in [0.2, 0.25) is 22.2 Å². The van der Waals surface area contributed by atoms with Gasteiger partial charge in [-0.3, -0.25) is 0 Å². The van der Waals surface area contributed by atoms with Crippen LogP contribution in [0.25, 0.3) is 0 Å². The molecule has 0 spiro atoms. The average molecular weight is 348 g/mol. The Morgan fingerprint density at radius 3 is 1.91 bits per heavy atom. The summed E-state index contributed by atoms with van der Waals surface area (Å²) in [6.07, 6.45) is 5.26. The van der Waals surface area contributed by atoms with Gasteiger partial charge in [-0.2, -0.15) is 0 Å². The Labute approximate surface area is 137 Å². The van der Waals surface area contributed by atoms with E-state index in [1.807, 2.05) is 6.08 Å². The number of aliphatic hydroxyl groups excluding tert-OH is 1. The van der Waals surface area contributed by atoms with Crippen molar-refractivity contribution in [1.82, 2.24) is 4.72 Å². The molecule has 0 radical (unpaired) electrons. The lowest BCUT2D eigenvalue weighted by Crippen LogP contribution is -2.59. The molecule has 6 heteroatoms. The first-order valence-corrected chi connectivity index (χ1v) is 12.5. The highest BCUT2D eigenvalue weighted by atomic mass is 32.2. The second kappa shape index (κ2) is 7.15. The molecular weight excluding hydrogens is 314 g/mol. The van der Waals surface area contributed by atoms with E-state index in [4.69, 9.17) is 0 Å². The highest BCUT2D eigenvalue weighted by Crippen LogP contribution is 2.52. The summed E-state index contributed by atoms with van der Waals surface area (Å²) in [5.41, 5.74) is 1.65. The van der Waals surface area contributed by atoms with Crippen LogP contribution in [0.3, 0.4) is 0 Å². The Morgan fingerprint density at radius 1 is 1.09 bits per heavy atom. The lowest BCUT2D eigenvalue weighted by atomic mass is 9.99. The number of rotatable bonds is 6. The fourth-order valence-corrected chi connectivity index (χ4v) is 13.5. The summed E-state index contributed by atoms with van der Waals surface area (Å²) in [6, 6.07) is -0.404. The van der Waals surface area contributed by atoms with Gasteiger partial charge in [0, 0.05) is 0 Å². The SMILES string of the molecule is CC(C)[Si](C(C)C)(C(C)C)[C@H]1C=CC[C@H](O)[C@@H]1NS(C)(=O)=O. The quantitative estimate of drug-likeness (QED) is 0.572. The topological polar surface area (TPSA) is 66.4 Å². The molecule has 0 saturated carbocycles. The fraction of sp³-hybridized carbons (Fsp3) is 0.875. The molecule has 1 rings (SSSR count). The number of hydrogen-bond donors (Lipinski definition) is 2. The minimum atomic E-state index is -3.35. The third kappa shape index (κ3) is 3.83. The Kier molecular flexibility index (Phi) is 6.46. The van der Waals surface area contributed by atoms with E-state index >= 15 is 0 Å². The van der Waals surface area contributed by atoms with E-state index in [9.17, 15) is 13.5 Å². The van der Waals surface area contributed by atoms with Gasteiger partial charge in [-0.1, -0.05) is 70.3 Å². The summed E-state index contributed by atoms with van der Waals surface area (Å²) in [5, 5.41) is 10.5. The van der Waals surface area contributed by atoms with Crippen LogP contribution in [0, 0.1) is 0 Å². The standard InChI is InChI=1S/C16H33NO3SSi/c1-11(2)22(12(3)4,13(5)6)15-10-8-9-14(18)16(15)17-21(7,19)20/h8,10-18H,9H2,1-7H3/t14-,15-,16-/m0/s1. The van der Waals surface area contributed by atoms with Crippen molar-refractivity contribution in [3.63, 3.8) is 0 Å². The maximum atomic E-state index is 11.8. The van der Waals surface area contributed by atoms with Gasteiger partial charge in [0.05, 0.1) is 26.5 Å². The molecule has 3 atom stereocenters. The molecule has 4 nitrogen and oxygen atoms in total. The van der Waals surface area contributed by atoms with E-state index in [1.54, 1.807) is 0 Å². The molecule has 0 unspecified atom stereocenters. The van der Waals surface area contributed by atoms with Gasteiger partial charge in [0.15, 0.2) is 0 Å². The van der Waals surface area contributed by atoms with Crippen molar-refractivity contribution < 1.29 is 13.5 Å². The minimum Gasteiger partial charge on any atom is -0.391 e. The highest BCUT2D eigenvalue weighted by Gasteiger charge is 2.52. The van der Waals surface area contributed by atoms with Gasteiger partial charge >= 0.3 is 0 Å². The van der Waals surface area contributed by atoms with E-state index in [2.05, 4.69) is 52.3 Å². The maximum absolute atomic E-state index is 11.8. The molecule has 0 aromatic heterocycles. The molecule has 2 N–H and O–H groups in total. The van der Waals surface area contributed by atoms with Crippen molar-refractivity contribution in [1.29, 1.82) is 0 Å². The van der Waals surface area contributed by atoms with Crippen LogP contribution in [0.4, 0.5) is 0 Å². The molecule has 0 amide bonds. The van der Waals surface area contributed by atoms with E-state index in [-0.39, 0.29) is 5.54 Å². The molecular formula is C16H33NO3SSi. The first-order valence-electron chi connectivity index (χ1n) is 8.26. The first-order chi connectivity index (χ1) is 9.94. The van der Waals surface area contributed by atoms with Gasteiger partial charge in [0.25, 0.3) is 0 Å². The molecule has 0 aliphatic heterocycles. The van der Waals surface area contributed by atoms with Gasteiger partial charge in [-0.05, 0) is 12.0 Å². The molecule has 0 aromatic rings. The molecule has 0 fully saturated rings. The molecule has 22 heavy (non-hydrogen) atoms. The normalized spacial score (nSPS) is 27.1. The Morgan fingerprint density at radius 2 is 1.55 bits per heavy atom. The van der Waals surface area contributed by atoms with Crippen LogP contribution in [0.1, 0.15) is 48.0 Å². The second-order valence-corrected chi connectivity index (χ2v) is 15.5. The van der Waals surface area contributed by atoms with E-state index in [0.29, 0.717) is 23.0 Å². The van der Waals surface area contributed by atoms with Crippen LogP contribution in [0.5, 0.6) is 0 Å².